The number of ether oxygens (including phenoxy) is 4. The number of aliphatic hydroxyl groups excluding tert-OH is 2. The first kappa shape index (κ1) is 25.0. The van der Waals surface area contributed by atoms with Gasteiger partial charge in [0.2, 0.25) is 0 Å². The van der Waals surface area contributed by atoms with Gasteiger partial charge in [-0.2, -0.15) is 0 Å². The van der Waals surface area contributed by atoms with E-state index in [4.69, 9.17) is 29.2 Å². The van der Waals surface area contributed by atoms with E-state index in [0.29, 0.717) is 57.3 Å². The Hall–Kier alpha value is -0.240. The van der Waals surface area contributed by atoms with Gasteiger partial charge in [-0.25, -0.2) is 0 Å². The van der Waals surface area contributed by atoms with Crippen LogP contribution < -0.4 is 0 Å². The maximum Gasteiger partial charge on any atom is 0.0704 e. The molecule has 0 amide bonds. The van der Waals surface area contributed by atoms with Crippen molar-refractivity contribution in [2.45, 2.75) is 77.4 Å². The molecule has 0 aliphatic heterocycles. The molecule has 2 fully saturated rings. The smallest absolute Gasteiger partial charge is 0.0704 e. The van der Waals surface area contributed by atoms with Gasteiger partial charge in [0.25, 0.3) is 0 Å². The first-order valence-corrected chi connectivity index (χ1v) is 11.7. The van der Waals surface area contributed by atoms with Gasteiger partial charge in [-0.05, 0) is 68.6 Å². The lowest BCUT2D eigenvalue weighted by Gasteiger charge is -2.46. The lowest BCUT2D eigenvalue weighted by molar-refractivity contribution is -0.0527. The van der Waals surface area contributed by atoms with Crippen molar-refractivity contribution in [1.82, 2.24) is 0 Å². The third-order valence-electron chi connectivity index (χ3n) is 7.09. The van der Waals surface area contributed by atoms with E-state index >= 15 is 0 Å². The fourth-order valence-corrected chi connectivity index (χ4v) is 5.16. The average Bonchev–Trinajstić information content (AvgIpc) is 2.74. The Balaban J connectivity index is 1.62. The standard InChI is InChI=1S/C23H44O6/c1-23(2,19-3-7-21(8-4-19)28-17-15-26-13-11-24)20-5-9-22(10-6-20)29-18-16-27-14-12-25/h19-22,24-25H,3-18H2,1-2H3. The maximum absolute atomic E-state index is 8.72. The normalized spacial score (nSPS) is 28.6. The molecule has 2 rings (SSSR count). The summed E-state index contributed by atoms with van der Waals surface area (Å²) < 4.78 is 22.5. The highest BCUT2D eigenvalue weighted by Gasteiger charge is 2.40. The minimum absolute atomic E-state index is 0.0767. The third kappa shape index (κ3) is 8.80. The van der Waals surface area contributed by atoms with E-state index in [1.807, 2.05) is 0 Å². The van der Waals surface area contributed by atoms with E-state index in [1.54, 1.807) is 0 Å². The van der Waals surface area contributed by atoms with Crippen molar-refractivity contribution in [1.29, 1.82) is 0 Å². The lowest BCUT2D eigenvalue weighted by atomic mass is 9.60. The summed E-state index contributed by atoms with van der Waals surface area (Å²) in [7, 11) is 0. The maximum atomic E-state index is 8.72. The van der Waals surface area contributed by atoms with Crippen molar-refractivity contribution in [2.24, 2.45) is 17.3 Å². The fourth-order valence-electron chi connectivity index (χ4n) is 5.16. The summed E-state index contributed by atoms with van der Waals surface area (Å²) in [6.07, 6.45) is 10.4. The van der Waals surface area contributed by atoms with Crippen molar-refractivity contribution in [3.63, 3.8) is 0 Å². The molecule has 2 aliphatic carbocycles. The lowest BCUT2D eigenvalue weighted by Crippen LogP contribution is -2.39. The van der Waals surface area contributed by atoms with Crippen LogP contribution in [-0.2, 0) is 18.9 Å². The second-order valence-corrected chi connectivity index (χ2v) is 9.18. The zero-order valence-corrected chi connectivity index (χ0v) is 18.7. The van der Waals surface area contributed by atoms with Gasteiger partial charge >= 0.3 is 0 Å². The van der Waals surface area contributed by atoms with Gasteiger partial charge in [0.15, 0.2) is 0 Å². The molecule has 29 heavy (non-hydrogen) atoms. The van der Waals surface area contributed by atoms with Crippen molar-refractivity contribution in [3.8, 4) is 0 Å². The highest BCUT2D eigenvalue weighted by Crippen LogP contribution is 2.48. The van der Waals surface area contributed by atoms with Crippen molar-refractivity contribution in [3.05, 3.63) is 0 Å². The largest absolute Gasteiger partial charge is 0.394 e. The molecule has 2 N–H and O–H groups in total. The molecule has 0 atom stereocenters. The second-order valence-electron chi connectivity index (χ2n) is 9.18. The molecular weight excluding hydrogens is 372 g/mol. The quantitative estimate of drug-likeness (QED) is 0.424. The van der Waals surface area contributed by atoms with Gasteiger partial charge < -0.3 is 29.2 Å². The number of hydrogen-bond acceptors (Lipinski definition) is 6. The Kier molecular flexibility index (Phi) is 12.0. The molecule has 6 nitrogen and oxygen atoms in total. The summed E-state index contributed by atoms with van der Waals surface area (Å²) in [5.74, 6) is 1.56. The zero-order chi connectivity index (χ0) is 21.0. The van der Waals surface area contributed by atoms with Gasteiger partial charge in [0, 0.05) is 0 Å². The van der Waals surface area contributed by atoms with Crippen LogP contribution in [-0.4, -0.2) is 75.3 Å². The van der Waals surface area contributed by atoms with Crippen LogP contribution in [0.15, 0.2) is 0 Å². The van der Waals surface area contributed by atoms with Crippen LogP contribution in [0.25, 0.3) is 0 Å². The minimum Gasteiger partial charge on any atom is -0.394 e. The van der Waals surface area contributed by atoms with E-state index < -0.39 is 0 Å². The van der Waals surface area contributed by atoms with Crippen molar-refractivity contribution in [2.75, 3.05) is 52.9 Å². The molecule has 0 radical (unpaired) electrons. The van der Waals surface area contributed by atoms with E-state index in [-0.39, 0.29) is 13.2 Å². The predicted octanol–water partition coefficient (Wildman–Crippen LogP) is 3.18. The molecule has 0 heterocycles. The summed E-state index contributed by atoms with van der Waals surface area (Å²) in [4.78, 5) is 0. The van der Waals surface area contributed by atoms with E-state index in [0.717, 1.165) is 37.5 Å². The van der Waals surface area contributed by atoms with Crippen LogP contribution >= 0.6 is 0 Å². The zero-order valence-electron chi connectivity index (χ0n) is 18.7. The Morgan fingerprint density at radius 2 is 0.966 bits per heavy atom. The van der Waals surface area contributed by atoms with E-state index in [1.165, 1.54) is 25.7 Å². The number of hydrogen-bond donors (Lipinski definition) is 2. The third-order valence-corrected chi connectivity index (χ3v) is 7.09. The van der Waals surface area contributed by atoms with Crippen molar-refractivity contribution < 1.29 is 29.2 Å². The minimum atomic E-state index is 0.0767. The molecule has 0 saturated heterocycles. The SMILES string of the molecule is CC(C)(C1CCC(OCCOCCO)CC1)C1CCC(OCCOCCO)CC1. The Bertz CT molecular complexity index is 364. The van der Waals surface area contributed by atoms with E-state index in [2.05, 4.69) is 13.8 Å². The Morgan fingerprint density at radius 1 is 0.586 bits per heavy atom. The van der Waals surface area contributed by atoms with Crippen LogP contribution in [0.4, 0.5) is 0 Å². The van der Waals surface area contributed by atoms with Gasteiger partial charge in [-0.15, -0.1) is 0 Å². The summed E-state index contributed by atoms with van der Waals surface area (Å²) in [5.41, 5.74) is 0.379. The predicted molar refractivity (Wildman–Crippen MR) is 113 cm³/mol. The first-order valence-electron chi connectivity index (χ1n) is 11.7. The van der Waals surface area contributed by atoms with Crippen LogP contribution in [0.1, 0.15) is 65.2 Å². The molecular formula is C23H44O6. The monoisotopic (exact) mass is 416 g/mol. The first-order chi connectivity index (χ1) is 14.1. The summed E-state index contributed by atoms with van der Waals surface area (Å²) in [6, 6.07) is 0. The number of rotatable bonds is 14. The van der Waals surface area contributed by atoms with Gasteiger partial charge in [-0.1, -0.05) is 13.8 Å². The average molecular weight is 417 g/mol. The molecule has 172 valence electrons. The number of aliphatic hydroxyl groups is 2. The topological polar surface area (TPSA) is 77.4 Å². The molecule has 0 aromatic heterocycles. The molecule has 0 aromatic rings. The Labute approximate surface area is 177 Å². The highest BCUT2D eigenvalue weighted by molar-refractivity contribution is 4.91. The molecule has 2 aliphatic rings. The van der Waals surface area contributed by atoms with Crippen LogP contribution in [0.5, 0.6) is 0 Å². The van der Waals surface area contributed by atoms with E-state index in [9.17, 15) is 0 Å². The van der Waals surface area contributed by atoms with Crippen LogP contribution in [0.3, 0.4) is 0 Å². The van der Waals surface area contributed by atoms with Crippen molar-refractivity contribution >= 4 is 0 Å². The van der Waals surface area contributed by atoms with Crippen LogP contribution in [0, 0.1) is 17.3 Å². The fraction of sp³-hybridized carbons (Fsp3) is 1.00. The summed E-state index contributed by atoms with van der Waals surface area (Å²) in [6.45, 7) is 8.33. The second kappa shape index (κ2) is 13.9. The summed E-state index contributed by atoms with van der Waals surface area (Å²) >= 11 is 0. The van der Waals surface area contributed by atoms with Gasteiger partial charge in [-0.3, -0.25) is 0 Å². The molecule has 6 heteroatoms. The van der Waals surface area contributed by atoms with Crippen LogP contribution in [0.2, 0.25) is 0 Å². The van der Waals surface area contributed by atoms with Gasteiger partial charge in [0.1, 0.15) is 0 Å². The highest BCUT2D eigenvalue weighted by atomic mass is 16.5. The molecule has 0 spiro atoms. The molecule has 2 saturated carbocycles. The molecule has 0 aromatic carbocycles. The Morgan fingerprint density at radius 3 is 1.31 bits per heavy atom. The molecule has 0 bridgehead atoms. The summed E-state index contributed by atoms with van der Waals surface area (Å²) in [5, 5.41) is 17.4. The van der Waals surface area contributed by atoms with Gasteiger partial charge in [0.05, 0.1) is 65.1 Å². The molecule has 0 unspecified atom stereocenters.